The van der Waals surface area contributed by atoms with Gasteiger partial charge in [0.15, 0.2) is 0 Å². The average molecular weight is 489 g/mol. The number of hydrogen-bond donors (Lipinski definition) is 4. The first-order valence-electron chi connectivity index (χ1n) is 12.5. The highest BCUT2D eigenvalue weighted by molar-refractivity contribution is 5.48. The molecule has 0 unspecified atom stereocenters. The fraction of sp³-hybridized carbons (Fsp3) is 0.586. The van der Waals surface area contributed by atoms with Crippen LogP contribution >= 0.6 is 0 Å². The molecule has 0 radical (unpaired) electrons. The van der Waals surface area contributed by atoms with Crippen molar-refractivity contribution >= 4 is 0 Å². The molecule has 0 spiro atoms. The van der Waals surface area contributed by atoms with Crippen LogP contribution in [0.1, 0.15) is 69.7 Å². The second-order valence-electron chi connectivity index (χ2n) is 10.5. The first kappa shape index (κ1) is 29.1. The van der Waals surface area contributed by atoms with Gasteiger partial charge in [-0.15, -0.1) is 0 Å². The van der Waals surface area contributed by atoms with Gasteiger partial charge in [0.05, 0.1) is 19.3 Å². The minimum atomic E-state index is -1.15. The SMILES string of the molecule is CCC(CC)(c1ccc(OC[C@H](O)C(C)(C)C)c(C)c1)c1ccc(O[C@@H](CO)[C@@H](O)CO)c(C)c1. The lowest BCUT2D eigenvalue weighted by atomic mass is 9.70. The van der Waals surface area contributed by atoms with E-state index in [1.165, 1.54) is 5.56 Å². The maximum Gasteiger partial charge on any atom is 0.150 e. The van der Waals surface area contributed by atoms with E-state index in [-0.39, 0.29) is 17.4 Å². The zero-order valence-electron chi connectivity index (χ0n) is 22.3. The summed E-state index contributed by atoms with van der Waals surface area (Å²) < 4.78 is 11.7. The molecule has 0 fully saturated rings. The van der Waals surface area contributed by atoms with Gasteiger partial charge in [-0.2, -0.15) is 0 Å². The van der Waals surface area contributed by atoms with Gasteiger partial charge in [0, 0.05) is 5.41 Å². The van der Waals surface area contributed by atoms with Gasteiger partial charge >= 0.3 is 0 Å². The summed E-state index contributed by atoms with van der Waals surface area (Å²) in [5.74, 6) is 1.34. The van der Waals surface area contributed by atoms with Crippen molar-refractivity contribution in [3.05, 3.63) is 58.7 Å². The summed E-state index contributed by atoms with van der Waals surface area (Å²) >= 11 is 0. The topological polar surface area (TPSA) is 99.4 Å². The van der Waals surface area contributed by atoms with Gasteiger partial charge in [-0.3, -0.25) is 0 Å². The van der Waals surface area contributed by atoms with Gasteiger partial charge in [0.25, 0.3) is 0 Å². The Balaban J connectivity index is 2.35. The quantitative estimate of drug-likeness (QED) is 0.356. The van der Waals surface area contributed by atoms with E-state index in [9.17, 15) is 20.4 Å². The second-order valence-corrected chi connectivity index (χ2v) is 10.5. The van der Waals surface area contributed by atoms with Crippen LogP contribution < -0.4 is 9.47 Å². The molecule has 4 N–H and O–H groups in total. The molecule has 6 nitrogen and oxygen atoms in total. The Morgan fingerprint density at radius 2 is 1.31 bits per heavy atom. The van der Waals surface area contributed by atoms with Crippen LogP contribution in [-0.2, 0) is 5.41 Å². The van der Waals surface area contributed by atoms with Crippen LogP contribution in [0.3, 0.4) is 0 Å². The summed E-state index contributed by atoms with van der Waals surface area (Å²) in [4.78, 5) is 0. The standard InChI is InChI=1S/C29H44O6/c1-8-29(9-2,21-10-12-24(19(3)14-21)34-18-27(33)28(5,6)7)22-11-13-25(20(4)15-22)35-26(17-31)23(32)16-30/h10-15,23,26-27,30-33H,8-9,16-18H2,1-7H3/t23-,26-,27-/m0/s1. The highest BCUT2D eigenvalue weighted by atomic mass is 16.5. The van der Waals surface area contributed by atoms with Crippen LogP contribution in [0, 0.1) is 19.3 Å². The molecular weight excluding hydrogens is 444 g/mol. The van der Waals surface area contributed by atoms with E-state index in [0.717, 1.165) is 35.3 Å². The Hall–Kier alpha value is -2.12. The van der Waals surface area contributed by atoms with E-state index in [1.807, 2.05) is 52.8 Å². The van der Waals surface area contributed by atoms with E-state index in [4.69, 9.17) is 9.47 Å². The van der Waals surface area contributed by atoms with Crippen molar-refractivity contribution in [2.75, 3.05) is 19.8 Å². The third kappa shape index (κ3) is 6.76. The van der Waals surface area contributed by atoms with Gasteiger partial charge in [-0.25, -0.2) is 0 Å². The molecule has 0 saturated carbocycles. The number of benzene rings is 2. The number of aryl methyl sites for hydroxylation is 2. The fourth-order valence-electron chi connectivity index (χ4n) is 4.36. The highest BCUT2D eigenvalue weighted by Crippen LogP contribution is 2.41. The zero-order chi connectivity index (χ0) is 26.4. The van der Waals surface area contributed by atoms with Crippen LogP contribution in [0.4, 0.5) is 0 Å². The number of aliphatic hydroxyl groups excluding tert-OH is 4. The summed E-state index contributed by atoms with van der Waals surface area (Å²) in [5, 5.41) is 38.9. The van der Waals surface area contributed by atoms with Crippen molar-refractivity contribution in [2.24, 2.45) is 5.41 Å². The summed E-state index contributed by atoms with van der Waals surface area (Å²) in [6.45, 7) is 13.7. The maximum atomic E-state index is 10.3. The van der Waals surface area contributed by atoms with Crippen molar-refractivity contribution < 1.29 is 29.9 Å². The van der Waals surface area contributed by atoms with E-state index in [0.29, 0.717) is 5.75 Å². The Kier molecular flexibility index (Phi) is 10.2. The van der Waals surface area contributed by atoms with Crippen LogP contribution in [0.5, 0.6) is 11.5 Å². The lowest BCUT2D eigenvalue weighted by molar-refractivity contribution is -0.0257. The van der Waals surface area contributed by atoms with Crippen molar-refractivity contribution in [2.45, 2.75) is 85.0 Å². The minimum Gasteiger partial charge on any atom is -0.491 e. The number of rotatable bonds is 12. The van der Waals surface area contributed by atoms with Gasteiger partial charge < -0.3 is 29.9 Å². The molecule has 2 aromatic carbocycles. The molecule has 0 heterocycles. The molecule has 2 aromatic rings. The summed E-state index contributed by atoms with van der Waals surface area (Å²) in [6, 6.07) is 12.3. The maximum absolute atomic E-state index is 10.3. The lowest BCUT2D eigenvalue weighted by Crippen LogP contribution is -2.37. The first-order valence-corrected chi connectivity index (χ1v) is 12.5. The van der Waals surface area contributed by atoms with E-state index in [1.54, 1.807) is 0 Å². The van der Waals surface area contributed by atoms with Crippen molar-refractivity contribution in [1.29, 1.82) is 0 Å². The smallest absolute Gasteiger partial charge is 0.150 e. The third-order valence-corrected chi connectivity index (χ3v) is 7.13. The fourth-order valence-corrected chi connectivity index (χ4v) is 4.36. The molecule has 0 saturated heterocycles. The normalized spacial score (nSPS) is 14.9. The molecular formula is C29H44O6. The molecule has 3 atom stereocenters. The van der Waals surface area contributed by atoms with Crippen LogP contribution in [-0.4, -0.2) is 58.6 Å². The molecule has 2 rings (SSSR count). The monoisotopic (exact) mass is 488 g/mol. The molecule has 35 heavy (non-hydrogen) atoms. The molecule has 0 amide bonds. The number of aliphatic hydroxyl groups is 4. The van der Waals surface area contributed by atoms with Gasteiger partial charge in [-0.1, -0.05) is 58.9 Å². The van der Waals surface area contributed by atoms with Crippen molar-refractivity contribution in [3.63, 3.8) is 0 Å². The summed E-state index contributed by atoms with van der Waals surface area (Å²) in [5.41, 5.74) is 3.82. The van der Waals surface area contributed by atoms with Crippen LogP contribution in [0.2, 0.25) is 0 Å². The Bertz CT molecular complexity index is 945. The van der Waals surface area contributed by atoms with Crippen molar-refractivity contribution in [3.8, 4) is 11.5 Å². The Labute approximate surface area is 210 Å². The van der Waals surface area contributed by atoms with E-state index >= 15 is 0 Å². The Morgan fingerprint density at radius 3 is 1.71 bits per heavy atom. The highest BCUT2D eigenvalue weighted by Gasteiger charge is 2.32. The predicted octanol–water partition coefficient (Wildman–Crippen LogP) is 4.29. The lowest BCUT2D eigenvalue weighted by Gasteiger charge is -2.34. The van der Waals surface area contributed by atoms with Gasteiger partial charge in [0.2, 0.25) is 0 Å². The third-order valence-electron chi connectivity index (χ3n) is 7.13. The molecule has 0 bridgehead atoms. The molecule has 0 aromatic heterocycles. The number of hydrogen-bond acceptors (Lipinski definition) is 6. The molecule has 0 aliphatic heterocycles. The summed E-state index contributed by atoms with van der Waals surface area (Å²) in [6.07, 6.45) is -0.807. The molecule has 0 aliphatic carbocycles. The van der Waals surface area contributed by atoms with Gasteiger partial charge in [0.1, 0.15) is 30.3 Å². The zero-order valence-corrected chi connectivity index (χ0v) is 22.3. The molecule has 6 heteroatoms. The van der Waals surface area contributed by atoms with Crippen LogP contribution in [0.15, 0.2) is 36.4 Å². The number of ether oxygens (including phenoxy) is 2. The minimum absolute atomic E-state index is 0.210. The molecule has 0 aliphatic rings. The molecule has 196 valence electrons. The predicted molar refractivity (Wildman–Crippen MR) is 139 cm³/mol. The largest absolute Gasteiger partial charge is 0.491 e. The Morgan fingerprint density at radius 1 is 0.800 bits per heavy atom. The van der Waals surface area contributed by atoms with Gasteiger partial charge in [-0.05, 0) is 66.5 Å². The van der Waals surface area contributed by atoms with Crippen molar-refractivity contribution in [1.82, 2.24) is 0 Å². The van der Waals surface area contributed by atoms with E-state index in [2.05, 4.69) is 32.0 Å². The first-order chi connectivity index (χ1) is 16.4. The van der Waals surface area contributed by atoms with Crippen LogP contribution in [0.25, 0.3) is 0 Å². The van der Waals surface area contributed by atoms with E-state index < -0.39 is 31.5 Å². The average Bonchev–Trinajstić information content (AvgIpc) is 2.82. The second kappa shape index (κ2) is 12.2. The summed E-state index contributed by atoms with van der Waals surface area (Å²) in [7, 11) is 0.